The van der Waals surface area contributed by atoms with Crippen molar-refractivity contribution >= 4 is 6.08 Å². The molecule has 94 valence electrons. The molecule has 0 aliphatic carbocycles. The Morgan fingerprint density at radius 3 is 2.65 bits per heavy atom. The Labute approximate surface area is 103 Å². The molecule has 0 aromatic heterocycles. The fraction of sp³-hybridized carbons (Fsp3) is 0.429. The third-order valence-corrected chi connectivity index (χ3v) is 2.19. The fourth-order valence-electron chi connectivity index (χ4n) is 1.45. The van der Waals surface area contributed by atoms with Crippen LogP contribution in [0.2, 0.25) is 0 Å². The van der Waals surface area contributed by atoms with Crippen molar-refractivity contribution in [3.05, 3.63) is 29.8 Å². The molecular formula is C14H21NO2. The monoisotopic (exact) mass is 235 g/mol. The van der Waals surface area contributed by atoms with Gasteiger partial charge in [-0.25, -0.2) is 0 Å². The van der Waals surface area contributed by atoms with E-state index in [-0.39, 0.29) is 6.10 Å². The molecule has 0 spiro atoms. The molecule has 3 nitrogen and oxygen atoms in total. The van der Waals surface area contributed by atoms with E-state index in [1.807, 2.05) is 38.1 Å². The van der Waals surface area contributed by atoms with Crippen LogP contribution in [0.3, 0.4) is 0 Å². The van der Waals surface area contributed by atoms with Crippen molar-refractivity contribution in [3.8, 4) is 11.5 Å². The fourth-order valence-corrected chi connectivity index (χ4v) is 1.45. The first-order chi connectivity index (χ1) is 8.17. The Balaban J connectivity index is 2.84. The minimum Gasteiger partial charge on any atom is -0.493 e. The molecule has 3 heteroatoms. The maximum absolute atomic E-state index is 5.65. The van der Waals surface area contributed by atoms with E-state index >= 15 is 0 Å². The van der Waals surface area contributed by atoms with Gasteiger partial charge in [0.15, 0.2) is 11.5 Å². The third-order valence-electron chi connectivity index (χ3n) is 2.19. The smallest absolute Gasteiger partial charge is 0.161 e. The standard InChI is InChI=1S/C14H21NO2/c1-11(2)17-13-8-7-12(6-4-5-9-15)10-14(13)16-3/h4,6-8,10-11H,5,9,15H2,1-3H3. The van der Waals surface area contributed by atoms with E-state index in [0.29, 0.717) is 6.54 Å². The van der Waals surface area contributed by atoms with Gasteiger partial charge in [0.05, 0.1) is 13.2 Å². The average molecular weight is 235 g/mol. The first-order valence-corrected chi connectivity index (χ1v) is 5.88. The zero-order valence-corrected chi connectivity index (χ0v) is 10.8. The van der Waals surface area contributed by atoms with Crippen LogP contribution in [0, 0.1) is 0 Å². The van der Waals surface area contributed by atoms with Crippen molar-refractivity contribution in [1.82, 2.24) is 0 Å². The van der Waals surface area contributed by atoms with Crippen LogP contribution in [-0.2, 0) is 0 Å². The van der Waals surface area contributed by atoms with Gasteiger partial charge in [-0.15, -0.1) is 0 Å². The molecule has 0 saturated carbocycles. The van der Waals surface area contributed by atoms with Crippen molar-refractivity contribution in [1.29, 1.82) is 0 Å². The molecule has 1 aromatic rings. The quantitative estimate of drug-likeness (QED) is 0.824. The summed E-state index contributed by atoms with van der Waals surface area (Å²) in [7, 11) is 1.65. The molecule has 0 bridgehead atoms. The van der Waals surface area contributed by atoms with E-state index in [9.17, 15) is 0 Å². The van der Waals surface area contributed by atoms with Gasteiger partial charge in [0.1, 0.15) is 0 Å². The van der Waals surface area contributed by atoms with Crippen LogP contribution in [0.25, 0.3) is 6.08 Å². The summed E-state index contributed by atoms with van der Waals surface area (Å²) >= 11 is 0. The highest BCUT2D eigenvalue weighted by Gasteiger charge is 2.06. The van der Waals surface area contributed by atoms with Crippen LogP contribution in [0.1, 0.15) is 25.8 Å². The number of nitrogens with two attached hydrogens (primary N) is 1. The van der Waals surface area contributed by atoms with Crippen LogP contribution >= 0.6 is 0 Å². The van der Waals surface area contributed by atoms with Crippen LogP contribution < -0.4 is 15.2 Å². The van der Waals surface area contributed by atoms with E-state index in [0.717, 1.165) is 23.5 Å². The van der Waals surface area contributed by atoms with Gasteiger partial charge in [-0.3, -0.25) is 0 Å². The zero-order valence-electron chi connectivity index (χ0n) is 10.8. The van der Waals surface area contributed by atoms with Gasteiger partial charge >= 0.3 is 0 Å². The summed E-state index contributed by atoms with van der Waals surface area (Å²) in [6.45, 7) is 4.66. The minimum absolute atomic E-state index is 0.141. The molecule has 0 unspecified atom stereocenters. The first kappa shape index (κ1) is 13.6. The van der Waals surface area contributed by atoms with E-state index in [2.05, 4.69) is 6.08 Å². The van der Waals surface area contributed by atoms with Crippen molar-refractivity contribution in [2.24, 2.45) is 5.73 Å². The summed E-state index contributed by atoms with van der Waals surface area (Å²) in [5.74, 6) is 1.53. The first-order valence-electron chi connectivity index (χ1n) is 5.88. The summed E-state index contributed by atoms with van der Waals surface area (Å²) in [6.07, 6.45) is 5.11. The molecule has 1 rings (SSSR count). The Morgan fingerprint density at radius 1 is 1.29 bits per heavy atom. The van der Waals surface area contributed by atoms with Crippen molar-refractivity contribution < 1.29 is 9.47 Å². The molecule has 2 N–H and O–H groups in total. The number of methoxy groups -OCH3 is 1. The molecule has 0 heterocycles. The van der Waals surface area contributed by atoms with Gasteiger partial charge in [-0.05, 0) is 44.5 Å². The predicted octanol–water partition coefficient (Wildman–Crippen LogP) is 2.84. The highest BCUT2D eigenvalue weighted by atomic mass is 16.5. The lowest BCUT2D eigenvalue weighted by Gasteiger charge is -2.13. The molecule has 0 atom stereocenters. The Hall–Kier alpha value is -1.48. The number of ether oxygens (including phenoxy) is 2. The summed E-state index contributed by atoms with van der Waals surface area (Å²) in [5.41, 5.74) is 6.52. The van der Waals surface area contributed by atoms with Gasteiger partial charge in [-0.2, -0.15) is 0 Å². The Morgan fingerprint density at radius 2 is 2.06 bits per heavy atom. The topological polar surface area (TPSA) is 44.5 Å². The zero-order chi connectivity index (χ0) is 12.7. The maximum atomic E-state index is 5.65. The third kappa shape index (κ3) is 4.49. The summed E-state index contributed by atoms with van der Waals surface area (Å²) in [4.78, 5) is 0. The summed E-state index contributed by atoms with van der Waals surface area (Å²) in [5, 5.41) is 0. The number of rotatable bonds is 6. The van der Waals surface area contributed by atoms with Gasteiger partial charge in [-0.1, -0.05) is 18.2 Å². The van der Waals surface area contributed by atoms with Crippen molar-refractivity contribution in [3.63, 3.8) is 0 Å². The lowest BCUT2D eigenvalue weighted by atomic mass is 10.1. The van der Waals surface area contributed by atoms with Crippen molar-refractivity contribution in [2.45, 2.75) is 26.4 Å². The predicted molar refractivity (Wildman–Crippen MR) is 71.5 cm³/mol. The van der Waals surface area contributed by atoms with Crippen molar-refractivity contribution in [2.75, 3.05) is 13.7 Å². The highest BCUT2D eigenvalue weighted by molar-refractivity contribution is 5.55. The number of benzene rings is 1. The normalized spacial score (nSPS) is 11.1. The Bertz CT molecular complexity index is 372. The SMILES string of the molecule is COc1cc(C=CCCN)ccc1OC(C)C. The van der Waals surface area contributed by atoms with Gasteiger partial charge in [0.25, 0.3) is 0 Å². The van der Waals surface area contributed by atoms with Gasteiger partial charge in [0.2, 0.25) is 0 Å². The molecular weight excluding hydrogens is 214 g/mol. The molecule has 0 saturated heterocycles. The van der Waals surface area contributed by atoms with Crippen LogP contribution in [0.15, 0.2) is 24.3 Å². The molecule has 1 aromatic carbocycles. The lowest BCUT2D eigenvalue weighted by molar-refractivity contribution is 0.230. The second-order valence-electron chi connectivity index (χ2n) is 4.06. The molecule has 0 amide bonds. The van der Waals surface area contributed by atoms with Crippen LogP contribution in [-0.4, -0.2) is 19.8 Å². The largest absolute Gasteiger partial charge is 0.493 e. The van der Waals surface area contributed by atoms with E-state index < -0.39 is 0 Å². The molecule has 0 aliphatic heterocycles. The van der Waals surface area contributed by atoms with E-state index in [4.69, 9.17) is 15.2 Å². The minimum atomic E-state index is 0.141. The maximum Gasteiger partial charge on any atom is 0.161 e. The molecule has 0 fully saturated rings. The number of hydrogen-bond donors (Lipinski definition) is 1. The van der Waals surface area contributed by atoms with Gasteiger partial charge in [0, 0.05) is 0 Å². The lowest BCUT2D eigenvalue weighted by Crippen LogP contribution is -2.06. The summed E-state index contributed by atoms with van der Waals surface area (Å²) in [6, 6.07) is 5.90. The van der Waals surface area contributed by atoms with Gasteiger partial charge < -0.3 is 15.2 Å². The average Bonchev–Trinajstić information content (AvgIpc) is 2.30. The number of hydrogen-bond acceptors (Lipinski definition) is 3. The van der Waals surface area contributed by atoms with Crippen LogP contribution in [0.5, 0.6) is 11.5 Å². The van der Waals surface area contributed by atoms with E-state index in [1.54, 1.807) is 7.11 Å². The Kier molecular flexibility index (Phi) is 5.57. The molecule has 17 heavy (non-hydrogen) atoms. The second kappa shape index (κ2) is 6.97. The summed E-state index contributed by atoms with van der Waals surface area (Å²) < 4.78 is 11.0. The van der Waals surface area contributed by atoms with E-state index in [1.165, 1.54) is 0 Å². The van der Waals surface area contributed by atoms with Crippen LogP contribution in [0.4, 0.5) is 0 Å². The second-order valence-corrected chi connectivity index (χ2v) is 4.06. The molecule has 0 aliphatic rings. The molecule has 0 radical (unpaired) electrons. The highest BCUT2D eigenvalue weighted by Crippen LogP contribution is 2.29.